The molecule has 0 fully saturated rings. The van der Waals surface area contributed by atoms with E-state index >= 15 is 0 Å². The van der Waals surface area contributed by atoms with Gasteiger partial charge in [-0.25, -0.2) is 4.98 Å². The Balaban J connectivity index is 0.000000561. The van der Waals surface area contributed by atoms with Crippen molar-refractivity contribution in [1.29, 1.82) is 0 Å². The molecule has 1 aromatic rings. The highest BCUT2D eigenvalue weighted by Crippen LogP contribution is 2.24. The molecule has 0 aliphatic heterocycles. The molecule has 1 rings (SSSR count). The van der Waals surface area contributed by atoms with Gasteiger partial charge >= 0.3 is 0 Å². The Morgan fingerprint density at radius 3 is 2.33 bits per heavy atom. The second-order valence-electron chi connectivity index (χ2n) is 3.07. The molecule has 0 radical (unpaired) electrons. The van der Waals surface area contributed by atoms with Crippen molar-refractivity contribution < 1.29 is 4.42 Å². The third-order valence-corrected chi connectivity index (χ3v) is 1.90. The van der Waals surface area contributed by atoms with E-state index in [0.29, 0.717) is 0 Å². The summed E-state index contributed by atoms with van der Waals surface area (Å²) in [5.41, 5.74) is 0.0868. The van der Waals surface area contributed by atoms with Gasteiger partial charge in [-0.05, 0) is 6.42 Å². The first kappa shape index (κ1) is 11.2. The summed E-state index contributed by atoms with van der Waals surface area (Å²) in [5, 5.41) is 0. The first-order valence-electron chi connectivity index (χ1n) is 4.57. The van der Waals surface area contributed by atoms with Gasteiger partial charge in [0.1, 0.15) is 6.26 Å². The molecule has 70 valence electrons. The normalized spacial score (nSPS) is 10.4. The minimum Gasteiger partial charge on any atom is -0.448 e. The lowest BCUT2D eigenvalue weighted by atomic mass is 9.90. The third-order valence-electron chi connectivity index (χ3n) is 1.90. The number of nitrogens with zero attached hydrogens (tertiary/aromatic N) is 1. The summed E-state index contributed by atoms with van der Waals surface area (Å²) in [6, 6.07) is 0. The minimum absolute atomic E-state index is 0.0868. The van der Waals surface area contributed by atoms with E-state index in [9.17, 15) is 0 Å². The maximum Gasteiger partial charge on any atom is 0.199 e. The molecule has 1 heterocycles. The second-order valence-corrected chi connectivity index (χ2v) is 3.07. The Morgan fingerprint density at radius 1 is 1.42 bits per heavy atom. The molecule has 2 nitrogen and oxygen atoms in total. The summed E-state index contributed by atoms with van der Waals surface area (Å²) >= 11 is 0. The molecule has 1 aromatic heterocycles. The van der Waals surface area contributed by atoms with E-state index in [0.717, 1.165) is 12.3 Å². The van der Waals surface area contributed by atoms with Crippen LogP contribution in [0.3, 0.4) is 0 Å². The van der Waals surface area contributed by atoms with Crippen LogP contribution in [0.25, 0.3) is 0 Å². The average molecular weight is 169 g/mol. The summed E-state index contributed by atoms with van der Waals surface area (Å²) < 4.78 is 5.18. The van der Waals surface area contributed by atoms with Gasteiger partial charge in [-0.15, -0.1) is 0 Å². The Kier molecular flexibility index (Phi) is 4.64. The van der Waals surface area contributed by atoms with Gasteiger partial charge in [-0.3, -0.25) is 0 Å². The van der Waals surface area contributed by atoms with E-state index in [4.69, 9.17) is 4.42 Å². The monoisotopic (exact) mass is 169 g/mol. The molecule has 0 saturated carbocycles. The van der Waals surface area contributed by atoms with Gasteiger partial charge in [0.25, 0.3) is 0 Å². The Morgan fingerprint density at radius 2 is 2.00 bits per heavy atom. The van der Waals surface area contributed by atoms with E-state index in [2.05, 4.69) is 25.8 Å². The summed E-state index contributed by atoms with van der Waals surface area (Å²) in [4.78, 5) is 4.09. The highest BCUT2D eigenvalue weighted by atomic mass is 16.3. The van der Waals surface area contributed by atoms with Crippen LogP contribution in [0.4, 0.5) is 0 Å². The summed E-state index contributed by atoms with van der Waals surface area (Å²) in [6.45, 7) is 10.4. The molecule has 0 aliphatic carbocycles. The van der Waals surface area contributed by atoms with Crippen molar-refractivity contribution in [2.24, 2.45) is 0 Å². The fourth-order valence-electron chi connectivity index (χ4n) is 0.709. The average Bonchev–Trinajstić information content (AvgIpc) is 2.61. The molecule has 2 heteroatoms. The van der Waals surface area contributed by atoms with Crippen LogP contribution in [0.15, 0.2) is 16.9 Å². The molecule has 0 spiro atoms. The van der Waals surface area contributed by atoms with E-state index in [1.54, 1.807) is 12.5 Å². The van der Waals surface area contributed by atoms with Crippen molar-refractivity contribution in [3.63, 3.8) is 0 Å². The van der Waals surface area contributed by atoms with Crippen molar-refractivity contribution in [3.05, 3.63) is 18.4 Å². The van der Waals surface area contributed by atoms with Gasteiger partial charge in [0.15, 0.2) is 5.89 Å². The first-order valence-corrected chi connectivity index (χ1v) is 4.57. The molecule has 0 aliphatic rings. The fraction of sp³-hybridized carbons (Fsp3) is 0.700. The molecular weight excluding hydrogens is 150 g/mol. The lowest BCUT2D eigenvalue weighted by Crippen LogP contribution is -2.15. The van der Waals surface area contributed by atoms with Crippen LogP contribution in [-0.2, 0) is 5.41 Å². The highest BCUT2D eigenvalue weighted by molar-refractivity contribution is 4.98. The Bertz CT molecular complexity index is 190. The van der Waals surface area contributed by atoms with Crippen molar-refractivity contribution >= 4 is 0 Å². The molecule has 0 amide bonds. The van der Waals surface area contributed by atoms with Crippen molar-refractivity contribution in [1.82, 2.24) is 4.98 Å². The van der Waals surface area contributed by atoms with E-state index in [1.807, 2.05) is 13.8 Å². The van der Waals surface area contributed by atoms with Crippen molar-refractivity contribution in [2.75, 3.05) is 0 Å². The Labute approximate surface area is 75.0 Å². The van der Waals surface area contributed by atoms with E-state index < -0.39 is 0 Å². The maximum absolute atomic E-state index is 5.18. The van der Waals surface area contributed by atoms with Crippen molar-refractivity contribution in [2.45, 2.75) is 46.5 Å². The smallest absolute Gasteiger partial charge is 0.199 e. The number of hydrogen-bond donors (Lipinski definition) is 0. The van der Waals surface area contributed by atoms with Crippen LogP contribution >= 0.6 is 0 Å². The highest BCUT2D eigenvalue weighted by Gasteiger charge is 2.22. The van der Waals surface area contributed by atoms with Gasteiger partial charge < -0.3 is 4.42 Å². The van der Waals surface area contributed by atoms with E-state index in [1.165, 1.54) is 0 Å². The largest absolute Gasteiger partial charge is 0.448 e. The van der Waals surface area contributed by atoms with Crippen LogP contribution in [0, 0.1) is 0 Å². The zero-order valence-electron chi connectivity index (χ0n) is 8.72. The quantitative estimate of drug-likeness (QED) is 0.678. The minimum atomic E-state index is 0.0868. The molecule has 0 saturated heterocycles. The van der Waals surface area contributed by atoms with Crippen LogP contribution in [0.5, 0.6) is 0 Å². The van der Waals surface area contributed by atoms with Gasteiger partial charge in [0.05, 0.1) is 6.20 Å². The molecule has 0 bridgehead atoms. The predicted molar refractivity (Wildman–Crippen MR) is 51.2 cm³/mol. The standard InChI is InChI=1S/C8H13NO.C2H6/c1-4-8(2,3)7-9-5-6-10-7;1-2/h5-6H,4H2,1-3H3;1-2H3. The van der Waals surface area contributed by atoms with E-state index in [-0.39, 0.29) is 5.41 Å². The maximum atomic E-state index is 5.18. The first-order chi connectivity index (χ1) is 5.67. The molecule has 0 unspecified atom stereocenters. The van der Waals surface area contributed by atoms with Crippen LogP contribution < -0.4 is 0 Å². The zero-order valence-corrected chi connectivity index (χ0v) is 8.72. The predicted octanol–water partition coefficient (Wildman–Crippen LogP) is 3.39. The third kappa shape index (κ3) is 2.68. The molecular formula is C10H19NO. The molecule has 0 N–H and O–H groups in total. The number of rotatable bonds is 2. The van der Waals surface area contributed by atoms with Crippen LogP contribution in [0.2, 0.25) is 0 Å². The van der Waals surface area contributed by atoms with Crippen LogP contribution in [-0.4, -0.2) is 4.98 Å². The topological polar surface area (TPSA) is 26.0 Å². The summed E-state index contributed by atoms with van der Waals surface area (Å²) in [7, 11) is 0. The SMILES string of the molecule is CC.CCC(C)(C)c1ncco1. The molecule has 0 aromatic carbocycles. The summed E-state index contributed by atoms with van der Waals surface area (Å²) in [6.07, 6.45) is 4.35. The lowest BCUT2D eigenvalue weighted by molar-refractivity contribution is 0.360. The second kappa shape index (κ2) is 4.96. The number of hydrogen-bond acceptors (Lipinski definition) is 2. The fourth-order valence-corrected chi connectivity index (χ4v) is 0.709. The van der Waals surface area contributed by atoms with Gasteiger partial charge in [0.2, 0.25) is 0 Å². The van der Waals surface area contributed by atoms with Gasteiger partial charge in [-0.2, -0.15) is 0 Å². The van der Waals surface area contributed by atoms with Crippen LogP contribution in [0.1, 0.15) is 46.9 Å². The lowest BCUT2D eigenvalue weighted by Gasteiger charge is -2.16. The van der Waals surface area contributed by atoms with Gasteiger partial charge in [-0.1, -0.05) is 34.6 Å². The number of oxazole rings is 1. The summed E-state index contributed by atoms with van der Waals surface area (Å²) in [5.74, 6) is 0.829. The zero-order chi connectivity index (χ0) is 9.61. The number of aromatic nitrogens is 1. The molecule has 12 heavy (non-hydrogen) atoms. The molecule has 0 atom stereocenters. The Hall–Kier alpha value is -0.790. The van der Waals surface area contributed by atoms with Crippen molar-refractivity contribution in [3.8, 4) is 0 Å². The van der Waals surface area contributed by atoms with Gasteiger partial charge in [0, 0.05) is 5.41 Å².